The zero-order valence-corrected chi connectivity index (χ0v) is 15.9. The fourth-order valence-corrected chi connectivity index (χ4v) is 2.85. The van der Waals surface area contributed by atoms with Crippen LogP contribution in [0.2, 0.25) is 0 Å². The monoisotopic (exact) mass is 357 g/mol. The van der Waals surface area contributed by atoms with E-state index in [0.717, 1.165) is 24.2 Å². The molecule has 0 fully saturated rings. The molecule has 6 heteroatoms. The van der Waals surface area contributed by atoms with E-state index in [1.807, 2.05) is 38.1 Å². The smallest absolute Gasteiger partial charge is 0.274 e. The molecular weight excluding hydrogens is 330 g/mol. The summed E-state index contributed by atoms with van der Waals surface area (Å²) >= 11 is 0. The second-order valence-electron chi connectivity index (χ2n) is 6.18. The van der Waals surface area contributed by atoms with Gasteiger partial charge in [0.05, 0.1) is 13.2 Å². The van der Waals surface area contributed by atoms with E-state index in [1.54, 1.807) is 12.0 Å². The van der Waals surface area contributed by atoms with Crippen molar-refractivity contribution in [3.63, 3.8) is 0 Å². The molecule has 0 aliphatic heterocycles. The summed E-state index contributed by atoms with van der Waals surface area (Å²) < 4.78 is 6.65. The minimum Gasteiger partial charge on any atom is -0.497 e. The Balaban J connectivity index is 2.28. The molecule has 0 spiro atoms. The maximum absolute atomic E-state index is 13.0. The molecule has 1 aromatic carbocycles. The van der Waals surface area contributed by atoms with Gasteiger partial charge in [0.1, 0.15) is 11.4 Å². The molecule has 140 valence electrons. The molecule has 0 radical (unpaired) electrons. The molecular formula is C20H27N3O3. The van der Waals surface area contributed by atoms with Crippen molar-refractivity contribution in [2.75, 3.05) is 13.7 Å². The van der Waals surface area contributed by atoms with Crippen LogP contribution in [0.25, 0.3) is 0 Å². The Hall–Kier alpha value is -2.63. The van der Waals surface area contributed by atoms with Crippen molar-refractivity contribution in [1.29, 1.82) is 0 Å². The van der Waals surface area contributed by atoms with Crippen LogP contribution in [0.3, 0.4) is 0 Å². The Labute approximate surface area is 154 Å². The summed E-state index contributed by atoms with van der Waals surface area (Å²) in [5.74, 6) is 0.567. The first-order valence-electron chi connectivity index (χ1n) is 9.04. The number of unbranched alkanes of at least 4 members (excludes halogenated alkanes) is 1. The standard InChI is InChI=1S/C20H27N3O3/c1-5-7-13-23-19(24)12-11-18(21-23)20(25)22(6-2)15(3)16-9-8-10-17(14-16)26-4/h8-12,14-15H,5-7,13H2,1-4H3. The Morgan fingerprint density at radius 1 is 1.27 bits per heavy atom. The van der Waals surface area contributed by atoms with Crippen LogP contribution in [0.1, 0.15) is 55.7 Å². The number of aryl methyl sites for hydroxylation is 1. The number of carbonyl (C=O) groups is 1. The molecule has 26 heavy (non-hydrogen) atoms. The highest BCUT2D eigenvalue weighted by Gasteiger charge is 2.23. The fourth-order valence-electron chi connectivity index (χ4n) is 2.85. The number of amides is 1. The van der Waals surface area contributed by atoms with Gasteiger partial charge in [-0.3, -0.25) is 9.59 Å². The first-order chi connectivity index (χ1) is 12.5. The van der Waals surface area contributed by atoms with Crippen LogP contribution >= 0.6 is 0 Å². The molecule has 0 N–H and O–H groups in total. The molecule has 1 amide bonds. The molecule has 0 bridgehead atoms. The topological polar surface area (TPSA) is 64.4 Å². The lowest BCUT2D eigenvalue weighted by Crippen LogP contribution is -2.35. The van der Waals surface area contributed by atoms with Gasteiger partial charge in [-0.05, 0) is 44.0 Å². The molecule has 1 unspecified atom stereocenters. The number of aromatic nitrogens is 2. The summed E-state index contributed by atoms with van der Waals surface area (Å²) in [5, 5.41) is 4.28. The zero-order chi connectivity index (χ0) is 19.1. The number of methoxy groups -OCH3 is 1. The lowest BCUT2D eigenvalue weighted by Gasteiger charge is -2.28. The van der Waals surface area contributed by atoms with Crippen LogP contribution in [0.15, 0.2) is 41.2 Å². The summed E-state index contributed by atoms with van der Waals surface area (Å²) in [7, 11) is 1.62. The van der Waals surface area contributed by atoms with Crippen LogP contribution < -0.4 is 10.3 Å². The molecule has 6 nitrogen and oxygen atoms in total. The van der Waals surface area contributed by atoms with Crippen LogP contribution in [-0.2, 0) is 6.54 Å². The molecule has 1 atom stereocenters. The minimum absolute atomic E-state index is 0.139. The van der Waals surface area contributed by atoms with Gasteiger partial charge in [0, 0.05) is 19.2 Å². The van der Waals surface area contributed by atoms with Gasteiger partial charge in [-0.1, -0.05) is 25.5 Å². The number of rotatable bonds is 8. The van der Waals surface area contributed by atoms with Gasteiger partial charge >= 0.3 is 0 Å². The van der Waals surface area contributed by atoms with E-state index in [2.05, 4.69) is 12.0 Å². The zero-order valence-electron chi connectivity index (χ0n) is 15.9. The third-order valence-electron chi connectivity index (χ3n) is 4.45. The normalized spacial score (nSPS) is 11.8. The number of ether oxygens (including phenoxy) is 1. The largest absolute Gasteiger partial charge is 0.497 e. The van der Waals surface area contributed by atoms with Crippen LogP contribution in [-0.4, -0.2) is 34.2 Å². The van der Waals surface area contributed by atoms with E-state index < -0.39 is 0 Å². The van der Waals surface area contributed by atoms with Crippen molar-refractivity contribution < 1.29 is 9.53 Å². The van der Waals surface area contributed by atoms with Crippen LogP contribution in [0.4, 0.5) is 0 Å². The predicted octanol–water partition coefficient (Wildman–Crippen LogP) is 3.28. The van der Waals surface area contributed by atoms with Crippen molar-refractivity contribution >= 4 is 5.91 Å². The van der Waals surface area contributed by atoms with E-state index in [1.165, 1.54) is 16.8 Å². The third kappa shape index (κ3) is 4.50. The Morgan fingerprint density at radius 2 is 2.04 bits per heavy atom. The minimum atomic E-state index is -0.187. The molecule has 0 saturated heterocycles. The van der Waals surface area contributed by atoms with Crippen LogP contribution in [0, 0.1) is 0 Å². The van der Waals surface area contributed by atoms with Gasteiger partial charge < -0.3 is 9.64 Å². The van der Waals surface area contributed by atoms with Gasteiger partial charge in [0.15, 0.2) is 0 Å². The van der Waals surface area contributed by atoms with Crippen LogP contribution in [0.5, 0.6) is 5.75 Å². The van der Waals surface area contributed by atoms with Crippen molar-refractivity contribution in [1.82, 2.24) is 14.7 Å². The van der Waals surface area contributed by atoms with E-state index >= 15 is 0 Å². The average molecular weight is 357 g/mol. The summed E-state index contributed by atoms with van der Waals surface area (Å²) in [6.45, 7) is 7.01. The third-order valence-corrected chi connectivity index (χ3v) is 4.45. The van der Waals surface area contributed by atoms with Gasteiger partial charge in [-0.2, -0.15) is 5.10 Å². The van der Waals surface area contributed by atoms with Crippen molar-refractivity contribution in [3.05, 3.63) is 58.0 Å². The highest BCUT2D eigenvalue weighted by molar-refractivity contribution is 5.92. The Kier molecular flexibility index (Phi) is 6.95. The van der Waals surface area contributed by atoms with Gasteiger partial charge in [0.2, 0.25) is 0 Å². The number of carbonyl (C=O) groups excluding carboxylic acids is 1. The SMILES string of the molecule is CCCCn1nc(C(=O)N(CC)C(C)c2cccc(OC)c2)ccc1=O. The van der Waals surface area contributed by atoms with Crippen molar-refractivity contribution in [2.45, 2.75) is 46.2 Å². The molecule has 0 saturated carbocycles. The molecule has 0 aliphatic carbocycles. The molecule has 2 aromatic rings. The number of hydrogen-bond acceptors (Lipinski definition) is 4. The molecule has 1 aromatic heterocycles. The predicted molar refractivity (Wildman–Crippen MR) is 102 cm³/mol. The summed E-state index contributed by atoms with van der Waals surface area (Å²) in [5.41, 5.74) is 1.09. The first kappa shape index (κ1) is 19.7. The number of benzene rings is 1. The van der Waals surface area contributed by atoms with Gasteiger partial charge in [-0.25, -0.2) is 4.68 Å². The summed E-state index contributed by atoms with van der Waals surface area (Å²) in [6.07, 6.45) is 1.81. The number of nitrogens with zero attached hydrogens (tertiary/aromatic N) is 3. The van der Waals surface area contributed by atoms with E-state index in [0.29, 0.717) is 13.1 Å². The van der Waals surface area contributed by atoms with E-state index in [9.17, 15) is 9.59 Å². The lowest BCUT2D eigenvalue weighted by atomic mass is 10.1. The highest BCUT2D eigenvalue weighted by Crippen LogP contribution is 2.24. The Morgan fingerprint density at radius 3 is 2.69 bits per heavy atom. The maximum atomic E-state index is 13.0. The molecule has 2 rings (SSSR count). The average Bonchev–Trinajstić information content (AvgIpc) is 2.67. The van der Waals surface area contributed by atoms with Crippen molar-refractivity contribution in [3.8, 4) is 5.75 Å². The van der Waals surface area contributed by atoms with Crippen molar-refractivity contribution in [2.24, 2.45) is 0 Å². The number of hydrogen-bond donors (Lipinski definition) is 0. The lowest BCUT2D eigenvalue weighted by molar-refractivity contribution is 0.0693. The van der Waals surface area contributed by atoms with E-state index in [4.69, 9.17) is 4.74 Å². The second-order valence-corrected chi connectivity index (χ2v) is 6.18. The van der Waals surface area contributed by atoms with Gasteiger partial charge in [0.25, 0.3) is 11.5 Å². The molecule has 1 heterocycles. The van der Waals surface area contributed by atoms with Gasteiger partial charge in [-0.15, -0.1) is 0 Å². The summed E-state index contributed by atoms with van der Waals surface area (Å²) in [4.78, 5) is 26.7. The fraction of sp³-hybridized carbons (Fsp3) is 0.450. The van der Waals surface area contributed by atoms with E-state index in [-0.39, 0.29) is 23.2 Å². The quantitative estimate of drug-likeness (QED) is 0.727. The Bertz CT molecular complexity index is 801. The first-order valence-corrected chi connectivity index (χ1v) is 9.04. The highest BCUT2D eigenvalue weighted by atomic mass is 16.5. The molecule has 0 aliphatic rings. The second kappa shape index (κ2) is 9.17. The maximum Gasteiger partial charge on any atom is 0.274 e. The summed E-state index contributed by atoms with van der Waals surface area (Å²) in [6, 6.07) is 10.5.